The maximum Gasteiger partial charge on any atom is 0.244 e. The number of carbonyl (C=O) groups is 1. The van der Waals surface area contributed by atoms with Crippen molar-refractivity contribution in [1.82, 2.24) is 5.32 Å². The fourth-order valence-corrected chi connectivity index (χ4v) is 2.98. The van der Waals surface area contributed by atoms with Gasteiger partial charge in [-0.2, -0.15) is 0 Å². The number of para-hydroxylation sites is 1. The SMILES string of the molecule is CCOc1ccc(/C=C/C(=O)NCC2Cc3ccccc3O2)cc1OCC. The number of ether oxygens (including phenoxy) is 3. The summed E-state index contributed by atoms with van der Waals surface area (Å²) >= 11 is 0. The minimum absolute atomic E-state index is 0.0187. The van der Waals surface area contributed by atoms with Crippen LogP contribution in [0.2, 0.25) is 0 Å². The lowest BCUT2D eigenvalue weighted by Crippen LogP contribution is -2.33. The fraction of sp³-hybridized carbons (Fsp3) is 0.318. The van der Waals surface area contributed by atoms with Gasteiger partial charge in [-0.15, -0.1) is 0 Å². The highest BCUT2D eigenvalue weighted by molar-refractivity contribution is 5.91. The number of nitrogens with one attached hydrogen (secondary N) is 1. The van der Waals surface area contributed by atoms with Gasteiger partial charge in [0.2, 0.25) is 5.91 Å². The quantitative estimate of drug-likeness (QED) is 0.724. The van der Waals surface area contributed by atoms with Crippen LogP contribution in [0.5, 0.6) is 17.2 Å². The summed E-state index contributed by atoms with van der Waals surface area (Å²) in [7, 11) is 0. The van der Waals surface area contributed by atoms with E-state index in [0.29, 0.717) is 31.3 Å². The zero-order chi connectivity index (χ0) is 19.1. The topological polar surface area (TPSA) is 56.8 Å². The monoisotopic (exact) mass is 367 g/mol. The highest BCUT2D eigenvalue weighted by Gasteiger charge is 2.22. The smallest absolute Gasteiger partial charge is 0.244 e. The first-order valence-electron chi connectivity index (χ1n) is 9.29. The number of hydrogen-bond donors (Lipinski definition) is 1. The maximum absolute atomic E-state index is 12.1. The van der Waals surface area contributed by atoms with E-state index in [2.05, 4.69) is 11.4 Å². The van der Waals surface area contributed by atoms with E-state index in [1.165, 1.54) is 11.6 Å². The molecule has 1 aliphatic rings. The third-order valence-corrected chi connectivity index (χ3v) is 4.21. The molecule has 1 unspecified atom stereocenters. The minimum atomic E-state index is -0.151. The van der Waals surface area contributed by atoms with E-state index >= 15 is 0 Å². The van der Waals surface area contributed by atoms with Crippen molar-refractivity contribution in [2.24, 2.45) is 0 Å². The first-order valence-corrected chi connectivity index (χ1v) is 9.29. The van der Waals surface area contributed by atoms with Gasteiger partial charge in [0, 0.05) is 12.5 Å². The molecule has 1 amide bonds. The van der Waals surface area contributed by atoms with Crippen molar-refractivity contribution in [2.75, 3.05) is 19.8 Å². The van der Waals surface area contributed by atoms with Gasteiger partial charge >= 0.3 is 0 Å². The Morgan fingerprint density at radius 3 is 2.70 bits per heavy atom. The van der Waals surface area contributed by atoms with Crippen LogP contribution in [0.3, 0.4) is 0 Å². The van der Waals surface area contributed by atoms with E-state index < -0.39 is 0 Å². The third-order valence-electron chi connectivity index (χ3n) is 4.21. The Labute approximate surface area is 159 Å². The molecule has 5 heteroatoms. The predicted octanol–water partition coefficient (Wildman–Crippen LogP) is 3.62. The van der Waals surface area contributed by atoms with Crippen molar-refractivity contribution in [2.45, 2.75) is 26.4 Å². The van der Waals surface area contributed by atoms with Crippen LogP contribution in [0.15, 0.2) is 48.5 Å². The Kier molecular flexibility index (Phi) is 6.36. The molecular weight excluding hydrogens is 342 g/mol. The lowest BCUT2D eigenvalue weighted by Gasteiger charge is -2.11. The summed E-state index contributed by atoms with van der Waals surface area (Å²) < 4.78 is 17.0. The van der Waals surface area contributed by atoms with Crippen LogP contribution in [0.1, 0.15) is 25.0 Å². The van der Waals surface area contributed by atoms with Gasteiger partial charge in [0.25, 0.3) is 0 Å². The van der Waals surface area contributed by atoms with Crippen LogP contribution >= 0.6 is 0 Å². The average molecular weight is 367 g/mol. The van der Waals surface area contributed by atoms with Gasteiger partial charge in [-0.25, -0.2) is 0 Å². The van der Waals surface area contributed by atoms with Gasteiger partial charge in [-0.05, 0) is 49.2 Å². The zero-order valence-electron chi connectivity index (χ0n) is 15.7. The molecule has 0 aromatic heterocycles. The molecule has 0 fully saturated rings. The van der Waals surface area contributed by atoms with Crippen molar-refractivity contribution in [3.8, 4) is 17.2 Å². The largest absolute Gasteiger partial charge is 0.490 e. The molecule has 2 aromatic carbocycles. The molecule has 0 radical (unpaired) electrons. The highest BCUT2D eigenvalue weighted by atomic mass is 16.5. The summed E-state index contributed by atoms with van der Waals surface area (Å²) in [6.07, 6.45) is 4.08. The van der Waals surface area contributed by atoms with E-state index in [4.69, 9.17) is 14.2 Å². The molecule has 1 aliphatic heterocycles. The summed E-state index contributed by atoms with van der Waals surface area (Å²) in [5.41, 5.74) is 2.06. The van der Waals surface area contributed by atoms with Crippen molar-refractivity contribution in [3.05, 3.63) is 59.7 Å². The van der Waals surface area contributed by atoms with Crippen LogP contribution in [0.4, 0.5) is 0 Å². The molecule has 27 heavy (non-hydrogen) atoms. The molecule has 142 valence electrons. The number of carbonyl (C=O) groups excluding carboxylic acids is 1. The van der Waals surface area contributed by atoms with Crippen LogP contribution in [-0.2, 0) is 11.2 Å². The van der Waals surface area contributed by atoms with Gasteiger partial charge in [-0.1, -0.05) is 24.3 Å². The number of fused-ring (bicyclic) bond motifs is 1. The van der Waals surface area contributed by atoms with Crippen molar-refractivity contribution in [1.29, 1.82) is 0 Å². The van der Waals surface area contributed by atoms with Crippen molar-refractivity contribution >= 4 is 12.0 Å². The molecule has 3 rings (SSSR count). The second kappa shape index (κ2) is 9.12. The Balaban J connectivity index is 1.53. The molecule has 1 heterocycles. The van der Waals surface area contributed by atoms with Crippen LogP contribution in [-0.4, -0.2) is 31.8 Å². The van der Waals surface area contributed by atoms with E-state index in [-0.39, 0.29) is 12.0 Å². The first kappa shape index (κ1) is 18.8. The van der Waals surface area contributed by atoms with Crippen LogP contribution in [0.25, 0.3) is 6.08 Å². The van der Waals surface area contributed by atoms with Crippen molar-refractivity contribution < 1.29 is 19.0 Å². The lowest BCUT2D eigenvalue weighted by molar-refractivity contribution is -0.116. The molecular formula is C22H25NO4. The van der Waals surface area contributed by atoms with Gasteiger partial charge in [0.05, 0.1) is 19.8 Å². The predicted molar refractivity (Wildman–Crippen MR) is 105 cm³/mol. The van der Waals surface area contributed by atoms with Crippen molar-refractivity contribution in [3.63, 3.8) is 0 Å². The highest BCUT2D eigenvalue weighted by Crippen LogP contribution is 2.29. The Morgan fingerprint density at radius 1 is 1.15 bits per heavy atom. The second-order valence-electron chi connectivity index (χ2n) is 6.20. The van der Waals surface area contributed by atoms with E-state index in [1.807, 2.05) is 50.2 Å². The fourth-order valence-electron chi connectivity index (χ4n) is 2.98. The molecule has 0 saturated carbocycles. The first-order chi connectivity index (χ1) is 13.2. The lowest BCUT2D eigenvalue weighted by atomic mass is 10.1. The molecule has 0 saturated heterocycles. The molecule has 5 nitrogen and oxygen atoms in total. The summed E-state index contributed by atoms with van der Waals surface area (Å²) in [5, 5.41) is 2.89. The van der Waals surface area contributed by atoms with Crippen LogP contribution < -0.4 is 19.5 Å². The number of amides is 1. The Morgan fingerprint density at radius 2 is 1.93 bits per heavy atom. The Hall–Kier alpha value is -2.95. The molecule has 0 aliphatic carbocycles. The summed E-state index contributed by atoms with van der Waals surface area (Å²) in [5.74, 6) is 2.14. The van der Waals surface area contributed by atoms with Gasteiger partial charge < -0.3 is 19.5 Å². The zero-order valence-corrected chi connectivity index (χ0v) is 15.7. The van der Waals surface area contributed by atoms with E-state index in [1.54, 1.807) is 6.08 Å². The average Bonchev–Trinajstić information content (AvgIpc) is 3.10. The summed E-state index contributed by atoms with van der Waals surface area (Å²) in [6.45, 7) is 5.46. The molecule has 0 spiro atoms. The molecule has 1 N–H and O–H groups in total. The molecule has 2 aromatic rings. The third kappa shape index (κ3) is 5.03. The van der Waals surface area contributed by atoms with Crippen LogP contribution in [0, 0.1) is 0 Å². The number of rotatable bonds is 8. The van der Waals surface area contributed by atoms with Gasteiger partial charge in [-0.3, -0.25) is 4.79 Å². The summed E-state index contributed by atoms with van der Waals surface area (Å²) in [6, 6.07) is 13.6. The second-order valence-corrected chi connectivity index (χ2v) is 6.20. The molecule has 1 atom stereocenters. The minimum Gasteiger partial charge on any atom is -0.490 e. The molecule has 0 bridgehead atoms. The standard InChI is InChI=1S/C22H25NO4/c1-3-25-20-11-9-16(13-21(20)26-4-2)10-12-22(24)23-15-18-14-17-7-5-6-8-19(17)27-18/h5-13,18H,3-4,14-15H2,1-2H3,(H,23,24)/b12-10+. The van der Waals surface area contributed by atoms with Gasteiger partial charge in [0.1, 0.15) is 11.9 Å². The summed E-state index contributed by atoms with van der Waals surface area (Å²) in [4.78, 5) is 12.1. The Bertz CT molecular complexity index is 791. The number of hydrogen-bond acceptors (Lipinski definition) is 4. The number of benzene rings is 2. The normalized spacial score (nSPS) is 15.3. The van der Waals surface area contributed by atoms with E-state index in [9.17, 15) is 4.79 Å². The van der Waals surface area contributed by atoms with E-state index in [0.717, 1.165) is 17.7 Å². The maximum atomic E-state index is 12.1. The van der Waals surface area contributed by atoms with Gasteiger partial charge in [0.15, 0.2) is 11.5 Å².